The highest BCUT2D eigenvalue weighted by Gasteiger charge is 2.72. The standard InChI is InChI=1S/C27H25F6N9O3/c1-11(43)19-20(14-7-15-4-5-16(8-14)41(15)24(44)22-37-12(2)39-40-22)38-23-17(10-36-42(23)21(19)34)13-3-6-18(35-9-13)25(45,26(28,29)30)27(31,32)33/h3,6,9-10,14-16,45H,4-5,7-8,34H2,1-2H3,(H,37,39,40)/t14-,15-,16+. The lowest BCUT2D eigenvalue weighted by Crippen LogP contribution is -2.54. The number of carbonyl (C=O) groups is 2. The number of rotatable bonds is 5. The fourth-order valence-corrected chi connectivity index (χ4v) is 6.41. The highest BCUT2D eigenvalue weighted by atomic mass is 19.4. The molecule has 4 aromatic heterocycles. The number of hydrogen-bond donors (Lipinski definition) is 3. The number of pyridine rings is 1. The van der Waals surface area contributed by atoms with E-state index in [0.717, 1.165) is 16.8 Å². The second-order valence-electron chi connectivity index (χ2n) is 11.3. The van der Waals surface area contributed by atoms with Crippen LogP contribution in [0.25, 0.3) is 16.8 Å². The normalized spacial score (nSPS) is 20.6. The number of nitrogens with two attached hydrogens (primary N) is 1. The topological polar surface area (TPSA) is 168 Å². The van der Waals surface area contributed by atoms with Gasteiger partial charge in [-0.25, -0.2) is 4.98 Å². The third kappa shape index (κ3) is 4.69. The SMILES string of the molecule is CC(=O)c1c([C@@H]2C[C@H]3CC[C@@H](C2)N3C(=O)c2nnc(C)[nH]2)nc2c(-c3ccc(C(O)(C(F)(F)F)C(F)(F)F)nc3)cnn2c1N. The van der Waals surface area contributed by atoms with Crippen molar-refractivity contribution in [1.29, 1.82) is 0 Å². The van der Waals surface area contributed by atoms with Crippen LogP contribution >= 0.6 is 0 Å². The molecule has 2 saturated heterocycles. The zero-order valence-corrected chi connectivity index (χ0v) is 23.6. The van der Waals surface area contributed by atoms with Crippen molar-refractivity contribution in [3.8, 4) is 11.1 Å². The number of alkyl halides is 6. The first-order valence-corrected chi connectivity index (χ1v) is 13.8. The summed E-state index contributed by atoms with van der Waals surface area (Å²) in [4.78, 5) is 38.7. The molecule has 0 radical (unpaired) electrons. The maximum absolute atomic E-state index is 13.3. The predicted molar refractivity (Wildman–Crippen MR) is 143 cm³/mol. The number of ketones is 1. The fourth-order valence-electron chi connectivity index (χ4n) is 6.41. The number of aromatic nitrogens is 7. The summed E-state index contributed by atoms with van der Waals surface area (Å²) in [5, 5.41) is 21.6. The number of nitrogens with one attached hydrogen (secondary N) is 1. The first-order chi connectivity index (χ1) is 21.0. The van der Waals surface area contributed by atoms with Crippen molar-refractivity contribution in [1.82, 2.24) is 39.7 Å². The molecule has 2 fully saturated rings. The van der Waals surface area contributed by atoms with Crippen molar-refractivity contribution in [3.63, 3.8) is 0 Å². The Labute approximate surface area is 249 Å². The lowest BCUT2D eigenvalue weighted by Gasteiger charge is -2.38. The molecule has 12 nitrogen and oxygen atoms in total. The van der Waals surface area contributed by atoms with E-state index >= 15 is 0 Å². The van der Waals surface area contributed by atoms with Crippen LogP contribution in [0.5, 0.6) is 0 Å². The number of aryl methyl sites for hydroxylation is 1. The van der Waals surface area contributed by atoms with Gasteiger partial charge in [0.2, 0.25) is 5.82 Å². The van der Waals surface area contributed by atoms with Crippen molar-refractivity contribution < 1.29 is 41.0 Å². The molecule has 4 N–H and O–H groups in total. The quantitative estimate of drug-likeness (QED) is 0.217. The van der Waals surface area contributed by atoms with E-state index in [1.165, 1.54) is 13.1 Å². The molecule has 18 heteroatoms. The molecule has 6 heterocycles. The van der Waals surface area contributed by atoms with Crippen LogP contribution in [0.2, 0.25) is 0 Å². The molecule has 3 atom stereocenters. The predicted octanol–water partition coefficient (Wildman–Crippen LogP) is 3.87. The smallest absolute Gasteiger partial charge is 0.383 e. The highest BCUT2D eigenvalue weighted by Crippen LogP contribution is 2.50. The van der Waals surface area contributed by atoms with Crippen LogP contribution in [-0.4, -0.2) is 80.9 Å². The lowest BCUT2D eigenvalue weighted by molar-refractivity contribution is -0.377. The number of amides is 1. The highest BCUT2D eigenvalue weighted by molar-refractivity contribution is 6.00. The Hall–Kier alpha value is -4.61. The number of hydrogen-bond acceptors (Lipinski definition) is 9. The Morgan fingerprint density at radius 3 is 2.18 bits per heavy atom. The van der Waals surface area contributed by atoms with Gasteiger partial charge in [-0.05, 0) is 45.6 Å². The number of fused-ring (bicyclic) bond motifs is 3. The third-order valence-electron chi connectivity index (χ3n) is 8.48. The number of carbonyl (C=O) groups excluding carboxylic acids is 2. The summed E-state index contributed by atoms with van der Waals surface area (Å²) >= 11 is 0. The Morgan fingerprint density at radius 1 is 1.02 bits per heavy atom. The van der Waals surface area contributed by atoms with Gasteiger partial charge in [0.1, 0.15) is 11.6 Å². The fraction of sp³-hybridized carbons (Fsp3) is 0.444. The molecule has 45 heavy (non-hydrogen) atoms. The maximum Gasteiger partial charge on any atom is 0.432 e. The molecule has 0 unspecified atom stereocenters. The van der Waals surface area contributed by atoms with E-state index in [4.69, 9.17) is 10.7 Å². The van der Waals surface area contributed by atoms with Gasteiger partial charge < -0.3 is 20.7 Å². The molecule has 2 bridgehead atoms. The van der Waals surface area contributed by atoms with E-state index in [1.54, 1.807) is 11.8 Å². The van der Waals surface area contributed by atoms with Crippen LogP contribution < -0.4 is 5.73 Å². The molecule has 2 aliphatic rings. The molecule has 1 amide bonds. The van der Waals surface area contributed by atoms with E-state index in [2.05, 4.69) is 25.3 Å². The van der Waals surface area contributed by atoms with Gasteiger partial charge in [0.25, 0.3) is 11.5 Å². The molecule has 0 spiro atoms. The first kappa shape index (κ1) is 30.4. The molecule has 2 aliphatic heterocycles. The number of halogens is 6. The van der Waals surface area contributed by atoms with Crippen molar-refractivity contribution >= 4 is 23.2 Å². The monoisotopic (exact) mass is 637 g/mol. The number of aliphatic hydroxyl groups is 1. The van der Waals surface area contributed by atoms with E-state index in [1.807, 2.05) is 0 Å². The minimum atomic E-state index is -6.09. The van der Waals surface area contributed by atoms with Crippen molar-refractivity contribution in [2.75, 3.05) is 5.73 Å². The number of H-pyrrole nitrogens is 1. The molecule has 0 saturated carbocycles. The average Bonchev–Trinajstić information content (AvgIpc) is 3.66. The van der Waals surface area contributed by atoms with Gasteiger partial charge in [0, 0.05) is 35.3 Å². The number of nitrogen functional groups attached to an aromatic ring is 1. The Morgan fingerprint density at radius 2 is 1.67 bits per heavy atom. The molecule has 238 valence electrons. The number of anilines is 1. The van der Waals surface area contributed by atoms with E-state index < -0.39 is 23.6 Å². The number of Topliss-reactive ketones (excluding diaryl/α,β-unsaturated/α-hetero) is 1. The zero-order valence-electron chi connectivity index (χ0n) is 23.6. The Kier molecular flexibility index (Phi) is 6.90. The van der Waals surface area contributed by atoms with Gasteiger partial charge in [-0.2, -0.15) is 36.0 Å². The summed E-state index contributed by atoms with van der Waals surface area (Å²) in [6, 6.07) is 0.975. The van der Waals surface area contributed by atoms with Crippen LogP contribution in [0.15, 0.2) is 24.5 Å². The largest absolute Gasteiger partial charge is 0.432 e. The molecular weight excluding hydrogens is 612 g/mol. The van der Waals surface area contributed by atoms with Crippen molar-refractivity contribution in [2.45, 2.75) is 75.5 Å². The zero-order chi connectivity index (χ0) is 32.6. The lowest BCUT2D eigenvalue weighted by atomic mass is 9.85. The maximum atomic E-state index is 13.3. The van der Waals surface area contributed by atoms with E-state index in [0.29, 0.717) is 43.3 Å². The second kappa shape index (κ2) is 10.2. The average molecular weight is 638 g/mol. The van der Waals surface area contributed by atoms with Gasteiger partial charge >= 0.3 is 12.4 Å². The summed E-state index contributed by atoms with van der Waals surface area (Å²) in [7, 11) is 0. The van der Waals surface area contributed by atoms with Gasteiger partial charge in [-0.15, -0.1) is 10.2 Å². The molecule has 6 rings (SSSR count). The first-order valence-electron chi connectivity index (χ1n) is 13.8. The van der Waals surface area contributed by atoms with Crippen molar-refractivity contribution in [3.05, 3.63) is 53.1 Å². The van der Waals surface area contributed by atoms with E-state index in [-0.39, 0.29) is 63.7 Å². The van der Waals surface area contributed by atoms with Crippen LogP contribution in [0.3, 0.4) is 0 Å². The van der Waals surface area contributed by atoms with Crippen LogP contribution in [-0.2, 0) is 5.60 Å². The van der Waals surface area contributed by atoms with Crippen molar-refractivity contribution in [2.24, 2.45) is 0 Å². The number of aromatic amines is 1. The molecule has 0 aliphatic carbocycles. The summed E-state index contributed by atoms with van der Waals surface area (Å²) < 4.78 is 81.2. The Bertz CT molecular complexity index is 1790. The molecule has 0 aromatic carbocycles. The third-order valence-corrected chi connectivity index (χ3v) is 8.48. The number of piperidine rings is 1. The van der Waals surface area contributed by atoms with Crippen LogP contribution in [0.1, 0.15) is 76.7 Å². The van der Waals surface area contributed by atoms with Crippen LogP contribution in [0, 0.1) is 6.92 Å². The summed E-state index contributed by atoms with van der Waals surface area (Å²) in [6.45, 7) is 3.00. The van der Waals surface area contributed by atoms with Gasteiger partial charge in [-0.1, -0.05) is 6.07 Å². The summed E-state index contributed by atoms with van der Waals surface area (Å²) in [6.07, 6.45) is -7.88. The summed E-state index contributed by atoms with van der Waals surface area (Å²) in [5.74, 6) is -0.411. The minimum absolute atomic E-state index is 0.0386. The molecular formula is C27H25F6N9O3. The van der Waals surface area contributed by atoms with Crippen LogP contribution in [0.4, 0.5) is 32.2 Å². The summed E-state index contributed by atoms with van der Waals surface area (Å²) in [5.41, 5.74) is 0.311. The van der Waals surface area contributed by atoms with Gasteiger partial charge in [-0.3, -0.25) is 14.6 Å². The number of nitrogens with zero attached hydrogens (tertiary/aromatic N) is 7. The Balaban J connectivity index is 1.38. The van der Waals surface area contributed by atoms with Gasteiger partial charge in [0.15, 0.2) is 11.4 Å². The molecule has 4 aromatic rings. The minimum Gasteiger partial charge on any atom is -0.383 e. The second-order valence-corrected chi connectivity index (χ2v) is 11.3. The van der Waals surface area contributed by atoms with Gasteiger partial charge in [0.05, 0.1) is 23.1 Å². The van der Waals surface area contributed by atoms with E-state index in [9.17, 15) is 41.0 Å².